The zero-order chi connectivity index (χ0) is 28.8. The minimum absolute atomic E-state index is 0.0119. The van der Waals surface area contributed by atoms with E-state index in [9.17, 15) is 28.8 Å². The van der Waals surface area contributed by atoms with Crippen molar-refractivity contribution in [2.45, 2.75) is 55.8 Å². The molecule has 1 N–H and O–H groups in total. The second kappa shape index (κ2) is 13.0. The lowest BCUT2D eigenvalue weighted by Gasteiger charge is -2.16. The maximum Gasteiger partial charge on any atom is 0.331 e. The maximum atomic E-state index is 12.3. The Hall–Kier alpha value is -3.92. The summed E-state index contributed by atoms with van der Waals surface area (Å²) in [5.74, 6) is -4.98. The number of carbonyl (C=O) groups is 6. The number of carboxylic acid groups (broad SMARTS) is 1. The SMILES string of the molecule is CC(=O)C=CC(=O)O[C@@H]1CO[C@H]2[C@@H]1OC[C@H]2OC(=O)C=CC(=O)O[C@H]1CO[C@H]2[C@@H]1OC[C@H]2OC(=O)C=CC(=O)O. The number of esters is 4. The van der Waals surface area contributed by atoms with E-state index in [0.29, 0.717) is 6.08 Å². The van der Waals surface area contributed by atoms with Crippen molar-refractivity contribution in [1.82, 2.24) is 0 Å². The van der Waals surface area contributed by atoms with Crippen molar-refractivity contribution in [3.8, 4) is 0 Å². The Morgan fingerprint density at radius 3 is 1.07 bits per heavy atom. The van der Waals surface area contributed by atoms with Gasteiger partial charge in [0.05, 0.1) is 26.4 Å². The van der Waals surface area contributed by atoms with Crippen LogP contribution in [0.5, 0.6) is 0 Å². The van der Waals surface area contributed by atoms with Crippen LogP contribution >= 0.6 is 0 Å². The molecule has 0 aromatic carbocycles. The van der Waals surface area contributed by atoms with Crippen LogP contribution in [0.15, 0.2) is 36.5 Å². The number of aliphatic carboxylic acids is 1. The number of hydrogen-bond donors (Lipinski definition) is 1. The number of rotatable bonds is 10. The van der Waals surface area contributed by atoms with Crippen molar-refractivity contribution < 1.29 is 71.8 Å². The zero-order valence-corrected chi connectivity index (χ0v) is 21.1. The number of hydrogen-bond acceptors (Lipinski definition) is 14. The Morgan fingerprint density at radius 1 is 0.525 bits per heavy atom. The predicted molar refractivity (Wildman–Crippen MR) is 124 cm³/mol. The van der Waals surface area contributed by atoms with Crippen LogP contribution in [0.25, 0.3) is 0 Å². The lowest BCUT2D eigenvalue weighted by Crippen LogP contribution is -2.36. The molecule has 0 unspecified atom stereocenters. The standard InChI is InChI=1S/C25H26O15/c1-12(26)2-4-18(29)37-13-8-33-24-15(10-35-22(13)24)39-20(31)6-7-21(32)40-16-11-36-23-14(9-34-25(16)23)38-19(30)5-3-17(27)28/h2-7,13-16,22-25H,8-11H2,1H3,(H,27,28)/t13-,14-,15-,16+,22-,23-,24-,25-/m1/s1. The Bertz CT molecular complexity index is 1040. The normalized spacial score (nSPS) is 32.7. The lowest BCUT2D eigenvalue weighted by atomic mass is 10.1. The first kappa shape index (κ1) is 29.1. The number of ether oxygens (including phenoxy) is 8. The van der Waals surface area contributed by atoms with Crippen LogP contribution in [0.4, 0.5) is 0 Å². The van der Waals surface area contributed by atoms with Crippen LogP contribution in [-0.2, 0) is 66.7 Å². The molecule has 40 heavy (non-hydrogen) atoms. The molecule has 15 nitrogen and oxygen atoms in total. The first-order chi connectivity index (χ1) is 19.1. The third-order valence-electron chi connectivity index (χ3n) is 6.17. The van der Waals surface area contributed by atoms with E-state index in [-0.39, 0.29) is 32.2 Å². The molecule has 4 aliphatic heterocycles. The molecule has 4 saturated heterocycles. The number of ketones is 1. The van der Waals surface area contributed by atoms with Crippen LogP contribution in [-0.4, -0.2) is 116 Å². The fourth-order valence-corrected chi connectivity index (χ4v) is 4.48. The van der Waals surface area contributed by atoms with Gasteiger partial charge in [0.1, 0.15) is 24.4 Å². The molecule has 4 fully saturated rings. The van der Waals surface area contributed by atoms with E-state index in [2.05, 4.69) is 0 Å². The quantitative estimate of drug-likeness (QED) is 0.183. The number of carboxylic acids is 1. The Morgan fingerprint density at radius 2 is 0.800 bits per heavy atom. The lowest BCUT2D eigenvalue weighted by molar-refractivity contribution is -0.152. The summed E-state index contributed by atoms with van der Waals surface area (Å²) in [4.78, 5) is 69.5. The molecule has 4 rings (SSSR count). The van der Waals surface area contributed by atoms with Gasteiger partial charge in [0, 0.05) is 30.4 Å². The molecule has 0 saturated carbocycles. The molecule has 4 heterocycles. The van der Waals surface area contributed by atoms with Crippen molar-refractivity contribution in [2.24, 2.45) is 0 Å². The molecule has 4 aliphatic rings. The molecule has 0 aromatic rings. The summed E-state index contributed by atoms with van der Waals surface area (Å²) < 4.78 is 43.2. The average Bonchev–Trinajstić information content (AvgIpc) is 3.66. The molecule has 0 aliphatic carbocycles. The largest absolute Gasteiger partial charge is 0.478 e. The van der Waals surface area contributed by atoms with Gasteiger partial charge in [-0.25, -0.2) is 24.0 Å². The molecule has 216 valence electrons. The van der Waals surface area contributed by atoms with Gasteiger partial charge in [-0.1, -0.05) is 0 Å². The Kier molecular flexibility index (Phi) is 9.42. The van der Waals surface area contributed by atoms with Gasteiger partial charge in [0.15, 0.2) is 30.2 Å². The molecular formula is C25H26O15. The summed E-state index contributed by atoms with van der Waals surface area (Å²) in [6.45, 7) is 1.19. The first-order valence-electron chi connectivity index (χ1n) is 12.2. The monoisotopic (exact) mass is 566 g/mol. The van der Waals surface area contributed by atoms with Gasteiger partial charge in [-0.15, -0.1) is 0 Å². The van der Waals surface area contributed by atoms with Crippen molar-refractivity contribution >= 4 is 35.6 Å². The van der Waals surface area contributed by atoms with Crippen LogP contribution in [0, 0.1) is 0 Å². The van der Waals surface area contributed by atoms with E-state index in [1.54, 1.807) is 0 Å². The molecule has 0 aromatic heterocycles. The highest BCUT2D eigenvalue weighted by Gasteiger charge is 2.52. The van der Waals surface area contributed by atoms with Gasteiger partial charge in [-0.3, -0.25) is 4.79 Å². The van der Waals surface area contributed by atoms with E-state index in [4.69, 9.17) is 43.0 Å². The van der Waals surface area contributed by atoms with E-state index >= 15 is 0 Å². The van der Waals surface area contributed by atoms with Crippen LogP contribution in [0.3, 0.4) is 0 Å². The van der Waals surface area contributed by atoms with Gasteiger partial charge in [-0.2, -0.15) is 0 Å². The summed E-state index contributed by atoms with van der Waals surface area (Å²) in [7, 11) is 0. The molecule has 15 heteroatoms. The number of fused-ring (bicyclic) bond motifs is 2. The average molecular weight is 566 g/mol. The van der Waals surface area contributed by atoms with E-state index in [0.717, 1.165) is 30.4 Å². The second-order valence-electron chi connectivity index (χ2n) is 9.04. The van der Waals surface area contributed by atoms with Crippen LogP contribution in [0.2, 0.25) is 0 Å². The maximum absolute atomic E-state index is 12.3. The highest BCUT2D eigenvalue weighted by molar-refractivity contribution is 5.94. The smallest absolute Gasteiger partial charge is 0.331 e. The molecule has 0 radical (unpaired) electrons. The van der Waals surface area contributed by atoms with E-state index in [1.807, 2.05) is 0 Å². The van der Waals surface area contributed by atoms with E-state index < -0.39 is 78.7 Å². The van der Waals surface area contributed by atoms with Crippen LogP contribution in [0.1, 0.15) is 6.92 Å². The molecule has 0 bridgehead atoms. The topological polar surface area (TPSA) is 196 Å². The summed E-state index contributed by atoms with van der Waals surface area (Å²) in [5, 5.41) is 8.58. The second-order valence-corrected chi connectivity index (χ2v) is 9.04. The summed E-state index contributed by atoms with van der Waals surface area (Å²) in [6, 6.07) is 0. The first-order valence-corrected chi connectivity index (χ1v) is 12.2. The Labute approximate surface area is 226 Å². The van der Waals surface area contributed by atoms with Gasteiger partial charge < -0.3 is 43.0 Å². The molecule has 8 atom stereocenters. The summed E-state index contributed by atoms with van der Waals surface area (Å²) in [6.07, 6.45) is -0.804. The van der Waals surface area contributed by atoms with Gasteiger partial charge in [0.25, 0.3) is 0 Å². The highest BCUT2D eigenvalue weighted by atomic mass is 16.7. The molecular weight excluding hydrogens is 540 g/mol. The fraction of sp³-hybridized carbons (Fsp3) is 0.520. The van der Waals surface area contributed by atoms with Crippen molar-refractivity contribution in [3.05, 3.63) is 36.5 Å². The number of carbonyl (C=O) groups excluding carboxylic acids is 5. The van der Waals surface area contributed by atoms with Crippen molar-refractivity contribution in [1.29, 1.82) is 0 Å². The third-order valence-corrected chi connectivity index (χ3v) is 6.17. The number of allylic oxidation sites excluding steroid dienone is 1. The molecule has 0 spiro atoms. The Balaban J connectivity index is 1.20. The van der Waals surface area contributed by atoms with Crippen molar-refractivity contribution in [3.63, 3.8) is 0 Å². The molecule has 0 amide bonds. The van der Waals surface area contributed by atoms with Crippen LogP contribution < -0.4 is 0 Å². The van der Waals surface area contributed by atoms with E-state index in [1.165, 1.54) is 6.92 Å². The minimum Gasteiger partial charge on any atom is -0.478 e. The third kappa shape index (κ3) is 7.38. The van der Waals surface area contributed by atoms with Gasteiger partial charge >= 0.3 is 29.8 Å². The summed E-state index contributed by atoms with van der Waals surface area (Å²) >= 11 is 0. The van der Waals surface area contributed by atoms with Crippen molar-refractivity contribution in [2.75, 3.05) is 26.4 Å². The minimum atomic E-state index is -1.31. The predicted octanol–water partition coefficient (Wildman–Crippen LogP) is -1.43. The fourth-order valence-electron chi connectivity index (χ4n) is 4.48. The van der Waals surface area contributed by atoms with Gasteiger partial charge in [-0.05, 0) is 13.0 Å². The summed E-state index contributed by atoms with van der Waals surface area (Å²) in [5.41, 5.74) is 0. The van der Waals surface area contributed by atoms with Gasteiger partial charge in [0.2, 0.25) is 0 Å². The highest BCUT2D eigenvalue weighted by Crippen LogP contribution is 2.32. The zero-order valence-electron chi connectivity index (χ0n) is 21.1.